The second-order valence-electron chi connectivity index (χ2n) is 5.98. The molecule has 0 spiro atoms. The van der Waals surface area contributed by atoms with E-state index in [1.807, 2.05) is 48.5 Å². The lowest BCUT2D eigenvalue weighted by Crippen LogP contribution is -2.18. The summed E-state index contributed by atoms with van der Waals surface area (Å²) in [7, 11) is 0. The molecule has 1 saturated heterocycles. The van der Waals surface area contributed by atoms with Crippen LogP contribution >= 0.6 is 0 Å². The van der Waals surface area contributed by atoms with Gasteiger partial charge < -0.3 is 10.2 Å². The Balaban J connectivity index is 1.50. The number of hydrogen-bond donors (Lipinski definition) is 1. The summed E-state index contributed by atoms with van der Waals surface area (Å²) in [6.45, 7) is 2.22. The molecule has 4 rings (SSSR count). The number of carbonyl (C=O) groups is 1. The zero-order valence-corrected chi connectivity index (χ0v) is 13.3. The Bertz CT molecular complexity index is 870. The lowest BCUT2D eigenvalue weighted by atomic mass is 10.2. The molecule has 0 radical (unpaired) electrons. The maximum Gasteiger partial charge on any atom is 0.276 e. The van der Waals surface area contributed by atoms with Gasteiger partial charge in [-0.3, -0.25) is 4.79 Å². The van der Waals surface area contributed by atoms with E-state index in [9.17, 15) is 4.79 Å². The molecule has 2 heterocycles. The summed E-state index contributed by atoms with van der Waals surface area (Å²) in [4.78, 5) is 14.7. The highest BCUT2D eigenvalue weighted by molar-refractivity contribution is 6.04. The summed E-state index contributed by atoms with van der Waals surface area (Å²) in [6.07, 6.45) is 2.50. The number of aromatic nitrogens is 2. The summed E-state index contributed by atoms with van der Waals surface area (Å²) in [6, 6.07) is 17.3. The van der Waals surface area contributed by atoms with E-state index in [2.05, 4.69) is 20.4 Å². The fourth-order valence-corrected chi connectivity index (χ4v) is 3.02. The molecule has 1 aliphatic heterocycles. The van der Waals surface area contributed by atoms with Crippen molar-refractivity contribution in [3.05, 3.63) is 60.3 Å². The van der Waals surface area contributed by atoms with E-state index in [-0.39, 0.29) is 5.91 Å². The van der Waals surface area contributed by atoms with Crippen molar-refractivity contribution in [3.8, 4) is 0 Å². The lowest BCUT2D eigenvalue weighted by Gasteiger charge is -2.17. The predicted octanol–water partition coefficient (Wildman–Crippen LogP) is 3.48. The molecule has 120 valence electrons. The van der Waals surface area contributed by atoms with Crippen molar-refractivity contribution in [2.24, 2.45) is 0 Å². The number of fused-ring (bicyclic) bond motifs is 1. The van der Waals surface area contributed by atoms with Crippen LogP contribution in [0.3, 0.4) is 0 Å². The fourth-order valence-electron chi connectivity index (χ4n) is 3.02. The van der Waals surface area contributed by atoms with Gasteiger partial charge >= 0.3 is 0 Å². The lowest BCUT2D eigenvalue weighted by molar-refractivity contribution is 0.102. The van der Waals surface area contributed by atoms with Gasteiger partial charge in [-0.1, -0.05) is 18.2 Å². The Morgan fingerprint density at radius 3 is 2.50 bits per heavy atom. The number of amides is 1. The number of nitrogens with zero attached hydrogens (tertiary/aromatic N) is 3. The zero-order valence-electron chi connectivity index (χ0n) is 13.3. The van der Waals surface area contributed by atoms with Crippen LogP contribution in [0.1, 0.15) is 23.3 Å². The summed E-state index contributed by atoms with van der Waals surface area (Å²) in [5, 5.41) is 11.9. The molecular weight excluding hydrogens is 300 g/mol. The predicted molar refractivity (Wildman–Crippen MR) is 95.4 cm³/mol. The molecule has 1 amide bonds. The van der Waals surface area contributed by atoms with Crippen molar-refractivity contribution >= 4 is 28.2 Å². The molecule has 2 aromatic carbocycles. The Morgan fingerprint density at radius 2 is 1.71 bits per heavy atom. The highest BCUT2D eigenvalue weighted by atomic mass is 16.1. The normalized spacial score (nSPS) is 14.1. The first-order valence-electron chi connectivity index (χ1n) is 8.18. The topological polar surface area (TPSA) is 58.1 Å². The molecule has 24 heavy (non-hydrogen) atoms. The quantitative estimate of drug-likeness (QED) is 0.803. The van der Waals surface area contributed by atoms with Gasteiger partial charge in [-0.05, 0) is 49.2 Å². The highest BCUT2D eigenvalue weighted by Crippen LogP contribution is 2.22. The molecule has 1 N–H and O–H groups in total. The monoisotopic (exact) mass is 318 g/mol. The largest absolute Gasteiger partial charge is 0.372 e. The highest BCUT2D eigenvalue weighted by Gasteiger charge is 2.13. The van der Waals surface area contributed by atoms with Crippen molar-refractivity contribution < 1.29 is 4.79 Å². The Labute approximate surface area is 140 Å². The third-order valence-electron chi connectivity index (χ3n) is 4.32. The van der Waals surface area contributed by atoms with E-state index in [0.717, 1.165) is 29.7 Å². The van der Waals surface area contributed by atoms with Crippen LogP contribution in [-0.2, 0) is 0 Å². The Kier molecular flexibility index (Phi) is 3.83. The average molecular weight is 318 g/mol. The van der Waals surface area contributed by atoms with Crippen LogP contribution in [0.25, 0.3) is 10.9 Å². The van der Waals surface area contributed by atoms with Crippen LogP contribution in [0, 0.1) is 0 Å². The molecule has 0 atom stereocenters. The van der Waals surface area contributed by atoms with Crippen molar-refractivity contribution in [1.82, 2.24) is 10.2 Å². The number of rotatable bonds is 3. The number of hydrogen-bond acceptors (Lipinski definition) is 4. The number of benzene rings is 2. The first-order chi connectivity index (χ1) is 11.8. The van der Waals surface area contributed by atoms with E-state index in [0.29, 0.717) is 5.69 Å². The van der Waals surface area contributed by atoms with Gasteiger partial charge in [0.25, 0.3) is 5.91 Å². The van der Waals surface area contributed by atoms with Crippen LogP contribution in [0.5, 0.6) is 0 Å². The SMILES string of the molecule is O=C(Nc1ccc(N2CCCC2)cc1)c1cc2ccccc2nn1. The zero-order chi connectivity index (χ0) is 16.4. The van der Waals surface area contributed by atoms with Crippen molar-refractivity contribution in [1.29, 1.82) is 0 Å². The second-order valence-corrected chi connectivity index (χ2v) is 5.98. The van der Waals surface area contributed by atoms with Crippen LogP contribution in [0.4, 0.5) is 11.4 Å². The molecule has 1 aromatic heterocycles. The first kappa shape index (κ1) is 14.6. The van der Waals surface area contributed by atoms with E-state index >= 15 is 0 Å². The maximum absolute atomic E-state index is 12.4. The van der Waals surface area contributed by atoms with E-state index in [1.54, 1.807) is 6.07 Å². The van der Waals surface area contributed by atoms with Gasteiger partial charge in [0, 0.05) is 29.9 Å². The minimum atomic E-state index is -0.248. The molecule has 5 heteroatoms. The van der Waals surface area contributed by atoms with Gasteiger partial charge in [0.05, 0.1) is 5.52 Å². The van der Waals surface area contributed by atoms with Crippen molar-refractivity contribution in [3.63, 3.8) is 0 Å². The smallest absolute Gasteiger partial charge is 0.276 e. The van der Waals surface area contributed by atoms with Crippen LogP contribution in [-0.4, -0.2) is 29.2 Å². The molecule has 1 aliphatic rings. The van der Waals surface area contributed by atoms with E-state index < -0.39 is 0 Å². The average Bonchev–Trinajstić information content (AvgIpc) is 3.16. The first-order valence-corrected chi connectivity index (χ1v) is 8.18. The minimum Gasteiger partial charge on any atom is -0.372 e. The molecule has 1 fully saturated rings. The fraction of sp³-hybridized carbons (Fsp3) is 0.211. The van der Waals surface area contributed by atoms with Gasteiger partial charge in [0.15, 0.2) is 5.69 Å². The molecule has 0 saturated carbocycles. The molecule has 0 bridgehead atoms. The van der Waals surface area contributed by atoms with Gasteiger partial charge in [-0.15, -0.1) is 10.2 Å². The van der Waals surface area contributed by atoms with E-state index in [4.69, 9.17) is 0 Å². The third-order valence-corrected chi connectivity index (χ3v) is 4.32. The summed E-state index contributed by atoms with van der Waals surface area (Å²) >= 11 is 0. The molecular formula is C19H18N4O. The molecule has 3 aromatic rings. The molecule has 0 aliphatic carbocycles. The number of carbonyl (C=O) groups excluding carboxylic acids is 1. The van der Waals surface area contributed by atoms with Crippen LogP contribution in [0.2, 0.25) is 0 Å². The van der Waals surface area contributed by atoms with Crippen molar-refractivity contribution in [2.75, 3.05) is 23.3 Å². The van der Waals surface area contributed by atoms with Crippen molar-refractivity contribution in [2.45, 2.75) is 12.8 Å². The van der Waals surface area contributed by atoms with Gasteiger partial charge in [-0.25, -0.2) is 0 Å². The number of nitrogens with one attached hydrogen (secondary N) is 1. The van der Waals surface area contributed by atoms with Crippen LogP contribution in [0.15, 0.2) is 54.6 Å². The van der Waals surface area contributed by atoms with E-state index in [1.165, 1.54) is 18.5 Å². The third kappa shape index (κ3) is 2.93. The summed E-state index contributed by atoms with van der Waals surface area (Å²) in [5.74, 6) is -0.248. The van der Waals surface area contributed by atoms with Gasteiger partial charge in [0.2, 0.25) is 0 Å². The Morgan fingerprint density at radius 1 is 0.958 bits per heavy atom. The number of anilines is 2. The van der Waals surface area contributed by atoms with Crippen LogP contribution < -0.4 is 10.2 Å². The van der Waals surface area contributed by atoms with Gasteiger partial charge in [0.1, 0.15) is 0 Å². The Hall–Kier alpha value is -2.95. The molecule has 5 nitrogen and oxygen atoms in total. The summed E-state index contributed by atoms with van der Waals surface area (Å²) < 4.78 is 0. The summed E-state index contributed by atoms with van der Waals surface area (Å²) in [5.41, 5.74) is 3.07. The van der Waals surface area contributed by atoms with Gasteiger partial charge in [-0.2, -0.15) is 0 Å². The molecule has 0 unspecified atom stereocenters. The standard InChI is InChI=1S/C19H18N4O/c24-19(18-13-14-5-1-2-6-17(14)21-22-18)20-15-7-9-16(10-8-15)23-11-3-4-12-23/h1-2,5-10,13H,3-4,11-12H2,(H,20,24). The maximum atomic E-state index is 12.4. The second kappa shape index (κ2) is 6.28. The minimum absolute atomic E-state index is 0.248.